The smallest absolute Gasteiger partial charge is 0.224 e. The standard InChI is InChI=1S/C16H23ClN2O/c1-12-9-13(17)5-6-14(12)19-15(20)10-16(11-18)7-3-2-4-8-16/h5-6,9H,2-4,7-8,10-11,18H2,1H3,(H,19,20). The molecule has 1 aliphatic carbocycles. The van der Waals surface area contributed by atoms with Gasteiger partial charge in [0.05, 0.1) is 0 Å². The van der Waals surface area contributed by atoms with Crippen LogP contribution in [0.4, 0.5) is 5.69 Å². The number of halogens is 1. The van der Waals surface area contributed by atoms with Crippen molar-refractivity contribution in [3.05, 3.63) is 28.8 Å². The minimum absolute atomic E-state index is 0.00264. The van der Waals surface area contributed by atoms with Crippen LogP contribution in [0.3, 0.4) is 0 Å². The predicted molar refractivity (Wildman–Crippen MR) is 84.0 cm³/mol. The van der Waals surface area contributed by atoms with Gasteiger partial charge in [0, 0.05) is 17.1 Å². The highest BCUT2D eigenvalue weighted by Gasteiger charge is 2.32. The summed E-state index contributed by atoms with van der Waals surface area (Å²) in [5.41, 5.74) is 7.75. The molecule has 4 heteroatoms. The van der Waals surface area contributed by atoms with E-state index in [1.165, 1.54) is 19.3 Å². The first kappa shape index (κ1) is 15.3. The lowest BCUT2D eigenvalue weighted by molar-refractivity contribution is -0.118. The summed E-state index contributed by atoms with van der Waals surface area (Å²) in [6.45, 7) is 2.54. The molecular weight excluding hydrogens is 272 g/mol. The first-order valence-corrected chi connectivity index (χ1v) is 7.69. The molecule has 3 N–H and O–H groups in total. The third-order valence-corrected chi connectivity index (χ3v) is 4.58. The molecule has 0 unspecified atom stereocenters. The Labute approximate surface area is 125 Å². The van der Waals surface area contributed by atoms with E-state index in [1.807, 2.05) is 19.1 Å². The number of nitrogens with two attached hydrogens (primary N) is 1. The van der Waals surface area contributed by atoms with Crippen LogP contribution in [-0.2, 0) is 4.79 Å². The highest BCUT2D eigenvalue weighted by molar-refractivity contribution is 6.30. The first-order valence-electron chi connectivity index (χ1n) is 7.31. The fraction of sp³-hybridized carbons (Fsp3) is 0.562. The van der Waals surface area contributed by atoms with Gasteiger partial charge in [0.25, 0.3) is 0 Å². The number of amides is 1. The minimum Gasteiger partial charge on any atom is -0.330 e. The van der Waals surface area contributed by atoms with Gasteiger partial charge in [0.2, 0.25) is 5.91 Å². The number of rotatable bonds is 4. The van der Waals surface area contributed by atoms with E-state index in [4.69, 9.17) is 17.3 Å². The van der Waals surface area contributed by atoms with Crippen molar-refractivity contribution >= 4 is 23.2 Å². The summed E-state index contributed by atoms with van der Waals surface area (Å²) < 4.78 is 0. The van der Waals surface area contributed by atoms with Gasteiger partial charge in [-0.1, -0.05) is 30.9 Å². The zero-order valence-electron chi connectivity index (χ0n) is 12.0. The molecule has 0 saturated heterocycles. The first-order chi connectivity index (χ1) is 9.54. The number of hydrogen-bond acceptors (Lipinski definition) is 2. The normalized spacial score (nSPS) is 17.8. The van der Waals surface area contributed by atoms with Gasteiger partial charge in [-0.05, 0) is 55.5 Å². The number of nitrogens with one attached hydrogen (secondary N) is 1. The summed E-state index contributed by atoms with van der Waals surface area (Å²) in [6, 6.07) is 5.51. The van der Waals surface area contributed by atoms with E-state index in [2.05, 4.69) is 5.32 Å². The lowest BCUT2D eigenvalue weighted by Crippen LogP contribution is -2.36. The molecule has 1 saturated carbocycles. The highest BCUT2D eigenvalue weighted by Crippen LogP contribution is 2.38. The molecule has 0 aromatic heterocycles. The molecule has 1 aliphatic rings. The number of benzene rings is 1. The summed E-state index contributed by atoms with van der Waals surface area (Å²) in [7, 11) is 0. The van der Waals surface area contributed by atoms with Crippen LogP contribution in [0, 0.1) is 12.3 Å². The van der Waals surface area contributed by atoms with Gasteiger partial charge in [0.15, 0.2) is 0 Å². The van der Waals surface area contributed by atoms with Crippen LogP contribution in [0.2, 0.25) is 5.02 Å². The van der Waals surface area contributed by atoms with Crippen LogP contribution in [-0.4, -0.2) is 12.5 Å². The van der Waals surface area contributed by atoms with Crippen molar-refractivity contribution in [3.8, 4) is 0 Å². The van der Waals surface area contributed by atoms with Crippen molar-refractivity contribution in [1.82, 2.24) is 0 Å². The molecule has 0 radical (unpaired) electrons. The van der Waals surface area contributed by atoms with Crippen molar-refractivity contribution in [2.75, 3.05) is 11.9 Å². The van der Waals surface area contributed by atoms with Crippen LogP contribution < -0.4 is 11.1 Å². The van der Waals surface area contributed by atoms with Crippen LogP contribution >= 0.6 is 11.6 Å². The van der Waals surface area contributed by atoms with Gasteiger partial charge in [-0.25, -0.2) is 0 Å². The van der Waals surface area contributed by atoms with Gasteiger partial charge in [-0.3, -0.25) is 4.79 Å². The Morgan fingerprint density at radius 3 is 2.65 bits per heavy atom. The second kappa shape index (κ2) is 6.59. The van der Waals surface area contributed by atoms with E-state index < -0.39 is 0 Å². The molecule has 3 nitrogen and oxygen atoms in total. The topological polar surface area (TPSA) is 55.1 Å². The summed E-state index contributed by atoms with van der Waals surface area (Å²) in [5.74, 6) is 0.0581. The summed E-state index contributed by atoms with van der Waals surface area (Å²) in [4.78, 5) is 12.3. The maximum atomic E-state index is 12.3. The summed E-state index contributed by atoms with van der Waals surface area (Å²) in [6.07, 6.45) is 6.28. The maximum absolute atomic E-state index is 12.3. The van der Waals surface area contributed by atoms with Gasteiger partial charge >= 0.3 is 0 Å². The Balaban J connectivity index is 2.00. The lowest BCUT2D eigenvalue weighted by Gasteiger charge is -2.35. The minimum atomic E-state index is 0.00264. The molecule has 0 atom stereocenters. The van der Waals surface area contributed by atoms with Gasteiger partial charge in [-0.2, -0.15) is 0 Å². The third-order valence-electron chi connectivity index (χ3n) is 4.35. The van der Waals surface area contributed by atoms with Gasteiger partial charge < -0.3 is 11.1 Å². The number of anilines is 1. The van der Waals surface area contributed by atoms with E-state index in [0.717, 1.165) is 24.1 Å². The summed E-state index contributed by atoms with van der Waals surface area (Å²) in [5, 5.41) is 3.68. The molecule has 0 heterocycles. The van der Waals surface area contributed by atoms with E-state index in [0.29, 0.717) is 18.0 Å². The largest absolute Gasteiger partial charge is 0.330 e. The highest BCUT2D eigenvalue weighted by atomic mass is 35.5. The molecule has 1 aromatic rings. The second-order valence-electron chi connectivity index (χ2n) is 5.95. The van der Waals surface area contributed by atoms with Crippen LogP contribution in [0.1, 0.15) is 44.1 Å². The molecule has 110 valence electrons. The van der Waals surface area contributed by atoms with Gasteiger partial charge in [0.1, 0.15) is 0 Å². The zero-order valence-corrected chi connectivity index (χ0v) is 12.8. The van der Waals surface area contributed by atoms with Crippen LogP contribution in [0.5, 0.6) is 0 Å². The molecule has 0 aliphatic heterocycles. The number of carbonyl (C=O) groups is 1. The van der Waals surface area contributed by atoms with Crippen molar-refractivity contribution in [2.24, 2.45) is 11.1 Å². The van der Waals surface area contributed by atoms with Crippen molar-refractivity contribution in [3.63, 3.8) is 0 Å². The number of aryl methyl sites for hydroxylation is 1. The Kier molecular flexibility index (Phi) is 5.06. The van der Waals surface area contributed by atoms with Crippen molar-refractivity contribution < 1.29 is 4.79 Å². The molecular formula is C16H23ClN2O. The Morgan fingerprint density at radius 1 is 1.35 bits per heavy atom. The predicted octanol–water partition coefficient (Wildman–Crippen LogP) is 3.89. The van der Waals surface area contributed by atoms with Crippen molar-refractivity contribution in [2.45, 2.75) is 45.4 Å². The van der Waals surface area contributed by atoms with Gasteiger partial charge in [-0.15, -0.1) is 0 Å². The van der Waals surface area contributed by atoms with E-state index in [1.54, 1.807) is 6.07 Å². The van der Waals surface area contributed by atoms with E-state index >= 15 is 0 Å². The number of carbonyl (C=O) groups excluding carboxylic acids is 1. The lowest BCUT2D eigenvalue weighted by atomic mass is 9.71. The fourth-order valence-electron chi connectivity index (χ4n) is 3.06. The van der Waals surface area contributed by atoms with E-state index in [9.17, 15) is 4.79 Å². The molecule has 1 amide bonds. The molecule has 2 rings (SSSR count). The molecule has 0 bridgehead atoms. The third kappa shape index (κ3) is 3.74. The molecule has 1 fully saturated rings. The molecule has 0 spiro atoms. The maximum Gasteiger partial charge on any atom is 0.224 e. The Morgan fingerprint density at radius 2 is 2.05 bits per heavy atom. The van der Waals surface area contributed by atoms with E-state index in [-0.39, 0.29) is 11.3 Å². The number of hydrogen-bond donors (Lipinski definition) is 2. The van der Waals surface area contributed by atoms with Crippen LogP contribution in [0.25, 0.3) is 0 Å². The molecule has 1 aromatic carbocycles. The zero-order chi connectivity index (χ0) is 14.6. The fourth-order valence-corrected chi connectivity index (χ4v) is 3.28. The quantitative estimate of drug-likeness (QED) is 0.885. The second-order valence-corrected chi connectivity index (χ2v) is 6.39. The van der Waals surface area contributed by atoms with Crippen molar-refractivity contribution in [1.29, 1.82) is 0 Å². The monoisotopic (exact) mass is 294 g/mol. The van der Waals surface area contributed by atoms with Crippen LogP contribution in [0.15, 0.2) is 18.2 Å². The average molecular weight is 295 g/mol. The SMILES string of the molecule is Cc1cc(Cl)ccc1NC(=O)CC1(CN)CCCCC1. The summed E-state index contributed by atoms with van der Waals surface area (Å²) >= 11 is 5.92. The Hall–Kier alpha value is -1.06. The average Bonchev–Trinajstić information content (AvgIpc) is 2.43. The molecule has 20 heavy (non-hydrogen) atoms. The Bertz CT molecular complexity index is 481.